The van der Waals surface area contributed by atoms with Crippen molar-refractivity contribution in [3.05, 3.63) is 29.8 Å². The molecule has 1 amide bonds. The van der Waals surface area contributed by atoms with Crippen LogP contribution >= 0.6 is 0 Å². The van der Waals surface area contributed by atoms with Crippen molar-refractivity contribution >= 4 is 11.9 Å². The van der Waals surface area contributed by atoms with Gasteiger partial charge in [-0.1, -0.05) is 32.9 Å². The van der Waals surface area contributed by atoms with Crippen molar-refractivity contribution in [2.75, 3.05) is 7.11 Å². The molecule has 1 atom stereocenters. The number of methoxy groups -OCH3 is 1. The van der Waals surface area contributed by atoms with E-state index in [9.17, 15) is 9.59 Å². The minimum Gasteiger partial charge on any atom is -0.497 e. The number of nitrogens with one attached hydrogen (secondary N) is 1. The Labute approximate surface area is 118 Å². The highest BCUT2D eigenvalue weighted by Gasteiger charge is 2.32. The summed E-state index contributed by atoms with van der Waals surface area (Å²) in [5.74, 6) is -0.620. The average Bonchev–Trinajstić information content (AvgIpc) is 2.35. The topological polar surface area (TPSA) is 75.6 Å². The molecule has 110 valence electrons. The second-order valence-corrected chi connectivity index (χ2v) is 5.73. The van der Waals surface area contributed by atoms with Gasteiger partial charge in [0, 0.05) is 0 Å². The Balaban J connectivity index is 2.68. The smallest absolute Gasteiger partial charge is 0.326 e. The van der Waals surface area contributed by atoms with Crippen molar-refractivity contribution in [1.82, 2.24) is 5.32 Å². The van der Waals surface area contributed by atoms with Gasteiger partial charge in [0.05, 0.1) is 13.5 Å². The lowest BCUT2D eigenvalue weighted by Gasteiger charge is -2.27. The zero-order chi connectivity index (χ0) is 15.3. The van der Waals surface area contributed by atoms with Gasteiger partial charge >= 0.3 is 5.97 Å². The average molecular weight is 279 g/mol. The van der Waals surface area contributed by atoms with Gasteiger partial charge in [-0.05, 0) is 23.1 Å². The Morgan fingerprint density at radius 3 is 2.20 bits per heavy atom. The summed E-state index contributed by atoms with van der Waals surface area (Å²) in [5, 5.41) is 11.7. The molecule has 0 saturated carbocycles. The predicted octanol–water partition coefficient (Wildman–Crippen LogP) is 1.85. The van der Waals surface area contributed by atoms with Gasteiger partial charge in [0.15, 0.2) is 0 Å². The Morgan fingerprint density at radius 1 is 1.25 bits per heavy atom. The molecule has 0 bridgehead atoms. The lowest BCUT2D eigenvalue weighted by atomic mass is 9.86. The molecule has 0 saturated heterocycles. The number of rotatable bonds is 5. The molecule has 0 aromatic heterocycles. The van der Waals surface area contributed by atoms with Crippen molar-refractivity contribution in [3.63, 3.8) is 0 Å². The van der Waals surface area contributed by atoms with Gasteiger partial charge in [-0.25, -0.2) is 4.79 Å². The van der Waals surface area contributed by atoms with Crippen molar-refractivity contribution in [2.24, 2.45) is 5.41 Å². The van der Waals surface area contributed by atoms with Crippen LogP contribution in [0.5, 0.6) is 5.75 Å². The van der Waals surface area contributed by atoms with Crippen LogP contribution in [0.2, 0.25) is 0 Å². The normalized spacial score (nSPS) is 12.6. The Kier molecular flexibility index (Phi) is 5.13. The first kappa shape index (κ1) is 16.0. The molecule has 0 radical (unpaired) electrons. The number of aliphatic carboxylic acids is 1. The number of hydrogen-bond acceptors (Lipinski definition) is 3. The minimum atomic E-state index is -1.03. The number of ether oxygens (including phenoxy) is 1. The van der Waals surface area contributed by atoms with Crippen LogP contribution in [0.1, 0.15) is 26.3 Å². The molecule has 0 unspecified atom stereocenters. The van der Waals surface area contributed by atoms with Crippen LogP contribution in [0.4, 0.5) is 0 Å². The third-order valence-electron chi connectivity index (χ3n) is 2.94. The zero-order valence-electron chi connectivity index (χ0n) is 12.3. The monoisotopic (exact) mass is 279 g/mol. The van der Waals surface area contributed by atoms with Crippen LogP contribution in [-0.4, -0.2) is 30.1 Å². The molecule has 0 heterocycles. The van der Waals surface area contributed by atoms with Gasteiger partial charge in [0.1, 0.15) is 11.8 Å². The fourth-order valence-electron chi connectivity index (χ4n) is 1.79. The van der Waals surface area contributed by atoms with Gasteiger partial charge in [-0.2, -0.15) is 0 Å². The van der Waals surface area contributed by atoms with Gasteiger partial charge in [-0.15, -0.1) is 0 Å². The summed E-state index contributed by atoms with van der Waals surface area (Å²) in [6.07, 6.45) is 0.143. The van der Waals surface area contributed by atoms with E-state index in [4.69, 9.17) is 9.84 Å². The lowest BCUT2D eigenvalue weighted by Crippen LogP contribution is -2.49. The van der Waals surface area contributed by atoms with Gasteiger partial charge in [0.25, 0.3) is 0 Å². The molecule has 5 heteroatoms. The number of carboxylic acid groups (broad SMARTS) is 1. The number of carbonyl (C=O) groups is 2. The van der Waals surface area contributed by atoms with Crippen LogP contribution in [0.3, 0.4) is 0 Å². The Bertz CT molecular complexity index is 474. The third-order valence-corrected chi connectivity index (χ3v) is 2.94. The Morgan fingerprint density at radius 2 is 1.80 bits per heavy atom. The number of hydrogen-bond donors (Lipinski definition) is 2. The maximum absolute atomic E-state index is 11.9. The molecule has 0 aliphatic rings. The molecular formula is C15H21NO4. The number of benzene rings is 1. The lowest BCUT2D eigenvalue weighted by molar-refractivity contribution is -0.144. The van der Waals surface area contributed by atoms with Crippen molar-refractivity contribution in [1.29, 1.82) is 0 Å². The van der Waals surface area contributed by atoms with E-state index in [-0.39, 0.29) is 12.3 Å². The molecule has 1 aromatic rings. The number of carboxylic acids is 1. The zero-order valence-corrected chi connectivity index (χ0v) is 12.3. The van der Waals surface area contributed by atoms with Crippen molar-refractivity contribution in [2.45, 2.75) is 33.2 Å². The summed E-state index contributed by atoms with van der Waals surface area (Å²) in [4.78, 5) is 23.1. The maximum Gasteiger partial charge on any atom is 0.326 e. The van der Waals surface area contributed by atoms with Crippen molar-refractivity contribution < 1.29 is 19.4 Å². The number of amides is 1. The molecule has 5 nitrogen and oxygen atoms in total. The number of carbonyl (C=O) groups excluding carboxylic acids is 1. The van der Waals surface area contributed by atoms with Gasteiger partial charge < -0.3 is 15.2 Å². The van der Waals surface area contributed by atoms with Crippen LogP contribution in [-0.2, 0) is 16.0 Å². The maximum atomic E-state index is 11.9. The second-order valence-electron chi connectivity index (χ2n) is 5.73. The predicted molar refractivity (Wildman–Crippen MR) is 75.7 cm³/mol. The summed E-state index contributed by atoms with van der Waals surface area (Å²) in [6.45, 7) is 5.33. The summed E-state index contributed by atoms with van der Waals surface area (Å²) in [7, 11) is 1.57. The largest absolute Gasteiger partial charge is 0.497 e. The van der Waals surface area contributed by atoms with Crippen LogP contribution < -0.4 is 10.1 Å². The fourth-order valence-corrected chi connectivity index (χ4v) is 1.79. The van der Waals surface area contributed by atoms with E-state index in [1.807, 2.05) is 0 Å². The van der Waals surface area contributed by atoms with E-state index < -0.39 is 17.4 Å². The molecule has 2 N–H and O–H groups in total. The quantitative estimate of drug-likeness (QED) is 0.862. The summed E-state index contributed by atoms with van der Waals surface area (Å²) in [5.41, 5.74) is 0.267. The standard InChI is InChI=1S/C15H21NO4/c1-15(2,3)13(14(18)19)16-12(17)9-10-5-7-11(20-4)8-6-10/h5-8,13H,9H2,1-4H3,(H,16,17)(H,18,19)/t13-/m0/s1. The van der Waals surface area contributed by atoms with E-state index >= 15 is 0 Å². The molecule has 0 aliphatic carbocycles. The molecule has 0 spiro atoms. The van der Waals surface area contributed by atoms with E-state index in [1.165, 1.54) is 0 Å². The molecule has 0 aliphatic heterocycles. The first-order valence-electron chi connectivity index (χ1n) is 6.39. The SMILES string of the molecule is COc1ccc(CC(=O)N[C@@H](C(=O)O)C(C)(C)C)cc1. The van der Waals surface area contributed by atoms with Crippen molar-refractivity contribution in [3.8, 4) is 5.75 Å². The van der Waals surface area contributed by atoms with E-state index in [0.717, 1.165) is 5.56 Å². The van der Waals surface area contributed by atoms with Crippen LogP contribution in [0, 0.1) is 5.41 Å². The second kappa shape index (κ2) is 6.41. The highest BCUT2D eigenvalue weighted by atomic mass is 16.5. The van der Waals surface area contributed by atoms with E-state index in [2.05, 4.69) is 5.32 Å². The minimum absolute atomic E-state index is 0.143. The third kappa shape index (κ3) is 4.57. The first-order chi connectivity index (χ1) is 9.24. The molecule has 0 fully saturated rings. The molecule has 1 aromatic carbocycles. The highest BCUT2D eigenvalue weighted by molar-refractivity contribution is 5.85. The molecule has 20 heavy (non-hydrogen) atoms. The fraction of sp³-hybridized carbons (Fsp3) is 0.467. The van der Waals surface area contributed by atoms with Gasteiger partial charge in [0.2, 0.25) is 5.91 Å². The Hall–Kier alpha value is -2.04. The summed E-state index contributed by atoms with van der Waals surface area (Å²) in [6, 6.07) is 6.19. The first-order valence-corrected chi connectivity index (χ1v) is 6.39. The molecule has 1 rings (SSSR count). The van der Waals surface area contributed by atoms with E-state index in [1.54, 1.807) is 52.1 Å². The van der Waals surface area contributed by atoms with E-state index in [0.29, 0.717) is 5.75 Å². The highest BCUT2D eigenvalue weighted by Crippen LogP contribution is 2.19. The summed E-state index contributed by atoms with van der Waals surface area (Å²) < 4.78 is 5.04. The molecular weight excluding hydrogens is 258 g/mol. The van der Waals surface area contributed by atoms with Crippen LogP contribution in [0.15, 0.2) is 24.3 Å². The summed E-state index contributed by atoms with van der Waals surface area (Å²) >= 11 is 0. The van der Waals surface area contributed by atoms with Gasteiger partial charge in [-0.3, -0.25) is 4.79 Å². The van der Waals surface area contributed by atoms with Crippen LogP contribution in [0.25, 0.3) is 0 Å².